The van der Waals surface area contributed by atoms with Crippen LogP contribution in [0.25, 0.3) is 0 Å². The van der Waals surface area contributed by atoms with Crippen LogP contribution in [-0.2, 0) is 17.9 Å². The monoisotopic (exact) mass is 298 g/mol. The van der Waals surface area contributed by atoms with Crippen molar-refractivity contribution in [2.24, 2.45) is 0 Å². The van der Waals surface area contributed by atoms with Crippen LogP contribution >= 0.6 is 0 Å². The fraction of sp³-hybridized carbons (Fsp3) is 0.200. The summed E-state index contributed by atoms with van der Waals surface area (Å²) >= 11 is 0. The van der Waals surface area contributed by atoms with E-state index in [4.69, 9.17) is 10.00 Å². The molecule has 0 fully saturated rings. The largest absolute Gasteiger partial charge is 0.380 e. The number of nitrogens with one attached hydrogen (secondary N) is 1. The van der Waals surface area contributed by atoms with Crippen molar-refractivity contribution in [3.8, 4) is 6.07 Å². The van der Waals surface area contributed by atoms with Gasteiger partial charge in [-0.3, -0.25) is 10.1 Å². The van der Waals surface area contributed by atoms with Crippen molar-refractivity contribution >= 4 is 11.5 Å². The Hall–Kier alpha value is -2.98. The number of anilines is 1. The number of nitro groups is 1. The molecule has 2 rings (SSSR count). The second-order valence-electron chi connectivity index (χ2n) is 4.49. The minimum atomic E-state index is -0.622. The SMILES string of the molecule is COCc1ccccc1CNc1ccc([N+](=O)[O-])c(C#N)n1. The average Bonchev–Trinajstić information content (AvgIpc) is 2.54. The maximum Gasteiger partial charge on any atom is 0.305 e. The summed E-state index contributed by atoms with van der Waals surface area (Å²) in [4.78, 5) is 14.1. The topological polar surface area (TPSA) is 101 Å². The first-order valence-corrected chi connectivity index (χ1v) is 6.51. The summed E-state index contributed by atoms with van der Waals surface area (Å²) in [5.74, 6) is 0.411. The number of benzene rings is 1. The second-order valence-corrected chi connectivity index (χ2v) is 4.49. The van der Waals surface area contributed by atoms with Crippen molar-refractivity contribution in [2.75, 3.05) is 12.4 Å². The second kappa shape index (κ2) is 7.15. The number of rotatable bonds is 6. The normalized spacial score (nSPS) is 10.0. The Labute approximate surface area is 127 Å². The molecule has 7 heteroatoms. The smallest absolute Gasteiger partial charge is 0.305 e. The highest BCUT2D eigenvalue weighted by Gasteiger charge is 2.15. The van der Waals surface area contributed by atoms with Gasteiger partial charge < -0.3 is 10.1 Å². The van der Waals surface area contributed by atoms with Crippen molar-refractivity contribution < 1.29 is 9.66 Å². The van der Waals surface area contributed by atoms with Gasteiger partial charge in [0.25, 0.3) is 0 Å². The molecule has 0 spiro atoms. The number of hydrogen-bond acceptors (Lipinski definition) is 6. The molecule has 1 heterocycles. The van der Waals surface area contributed by atoms with Gasteiger partial charge in [0, 0.05) is 19.7 Å². The number of nitriles is 1. The van der Waals surface area contributed by atoms with E-state index in [0.717, 1.165) is 11.1 Å². The third-order valence-corrected chi connectivity index (χ3v) is 3.05. The van der Waals surface area contributed by atoms with Crippen LogP contribution in [0.3, 0.4) is 0 Å². The molecule has 7 nitrogen and oxygen atoms in total. The highest BCUT2D eigenvalue weighted by atomic mass is 16.6. The van der Waals surface area contributed by atoms with Gasteiger partial charge in [0.15, 0.2) is 0 Å². The quantitative estimate of drug-likeness (QED) is 0.649. The molecule has 0 radical (unpaired) electrons. The van der Waals surface area contributed by atoms with Crippen LogP contribution in [0, 0.1) is 21.4 Å². The van der Waals surface area contributed by atoms with E-state index in [1.807, 2.05) is 24.3 Å². The number of methoxy groups -OCH3 is 1. The van der Waals surface area contributed by atoms with Gasteiger partial charge in [-0.05, 0) is 17.2 Å². The van der Waals surface area contributed by atoms with Crippen molar-refractivity contribution in [3.05, 3.63) is 63.3 Å². The van der Waals surface area contributed by atoms with Crippen molar-refractivity contribution in [2.45, 2.75) is 13.2 Å². The molecular formula is C15H14N4O3. The molecule has 0 aliphatic rings. The summed E-state index contributed by atoms with van der Waals surface area (Å²) in [6, 6.07) is 12.3. The average molecular weight is 298 g/mol. The highest BCUT2D eigenvalue weighted by molar-refractivity contribution is 5.50. The molecule has 22 heavy (non-hydrogen) atoms. The number of pyridine rings is 1. The van der Waals surface area contributed by atoms with E-state index in [9.17, 15) is 10.1 Å². The zero-order valence-electron chi connectivity index (χ0n) is 11.9. The Kier molecular flexibility index (Phi) is 5.01. The molecule has 1 aromatic carbocycles. The summed E-state index contributed by atoms with van der Waals surface area (Å²) < 4.78 is 5.14. The minimum absolute atomic E-state index is 0.208. The summed E-state index contributed by atoms with van der Waals surface area (Å²) in [5.41, 5.74) is 1.57. The van der Waals surface area contributed by atoms with Crippen molar-refractivity contribution in [3.63, 3.8) is 0 Å². The summed E-state index contributed by atoms with van der Waals surface area (Å²) in [5, 5.41) is 22.8. The first-order chi connectivity index (χ1) is 10.7. The number of nitrogens with zero attached hydrogens (tertiary/aromatic N) is 3. The van der Waals surface area contributed by atoms with Crippen LogP contribution in [0.2, 0.25) is 0 Å². The van der Waals surface area contributed by atoms with Gasteiger partial charge in [-0.1, -0.05) is 24.3 Å². The lowest BCUT2D eigenvalue weighted by Gasteiger charge is -2.10. The summed E-state index contributed by atoms with van der Waals surface area (Å²) in [6.45, 7) is 0.976. The van der Waals surface area contributed by atoms with Gasteiger partial charge in [0.2, 0.25) is 5.69 Å². The Morgan fingerprint density at radius 1 is 1.32 bits per heavy atom. The molecule has 112 valence electrons. The lowest BCUT2D eigenvalue weighted by atomic mass is 10.1. The third-order valence-electron chi connectivity index (χ3n) is 3.05. The zero-order chi connectivity index (χ0) is 15.9. The van der Waals surface area contributed by atoms with Gasteiger partial charge in [0.1, 0.15) is 11.9 Å². The van der Waals surface area contributed by atoms with Gasteiger partial charge in [0.05, 0.1) is 11.5 Å². The maximum atomic E-state index is 10.8. The molecule has 0 atom stereocenters. The lowest BCUT2D eigenvalue weighted by molar-refractivity contribution is -0.385. The molecule has 0 amide bonds. The van der Waals surface area contributed by atoms with E-state index in [2.05, 4.69) is 10.3 Å². The van der Waals surface area contributed by atoms with E-state index in [0.29, 0.717) is 19.0 Å². The first-order valence-electron chi connectivity index (χ1n) is 6.51. The summed E-state index contributed by atoms with van der Waals surface area (Å²) in [6.07, 6.45) is 0. The molecule has 0 bridgehead atoms. The van der Waals surface area contributed by atoms with Crippen LogP contribution in [0.1, 0.15) is 16.8 Å². The van der Waals surface area contributed by atoms with Crippen molar-refractivity contribution in [1.82, 2.24) is 4.98 Å². The van der Waals surface area contributed by atoms with E-state index < -0.39 is 4.92 Å². The fourth-order valence-corrected chi connectivity index (χ4v) is 1.99. The van der Waals surface area contributed by atoms with Crippen LogP contribution in [-0.4, -0.2) is 17.0 Å². The molecule has 2 aromatic rings. The molecule has 1 aromatic heterocycles. The standard InChI is InChI=1S/C15H14N4O3/c1-22-10-12-5-3-2-4-11(12)9-17-15-7-6-14(19(20)21)13(8-16)18-15/h2-7H,9-10H2,1H3,(H,17,18). The van der Waals surface area contributed by atoms with Gasteiger partial charge >= 0.3 is 5.69 Å². The predicted octanol–water partition coefficient (Wildman–Crippen LogP) is 2.62. The number of aromatic nitrogens is 1. The molecule has 0 saturated heterocycles. The first kappa shape index (κ1) is 15.4. The Morgan fingerprint density at radius 2 is 2.05 bits per heavy atom. The van der Waals surface area contributed by atoms with Crippen LogP contribution in [0.5, 0.6) is 0 Å². The van der Waals surface area contributed by atoms with Gasteiger partial charge in [-0.25, -0.2) is 4.98 Å². The van der Waals surface area contributed by atoms with Gasteiger partial charge in [-0.15, -0.1) is 0 Å². The number of ether oxygens (including phenoxy) is 1. The predicted molar refractivity (Wildman–Crippen MR) is 80.1 cm³/mol. The van der Waals surface area contributed by atoms with E-state index in [1.165, 1.54) is 12.1 Å². The lowest BCUT2D eigenvalue weighted by Crippen LogP contribution is -2.06. The summed E-state index contributed by atoms with van der Waals surface area (Å²) in [7, 11) is 1.63. The van der Waals surface area contributed by atoms with Crippen LogP contribution < -0.4 is 5.32 Å². The van der Waals surface area contributed by atoms with E-state index in [-0.39, 0.29) is 11.4 Å². The van der Waals surface area contributed by atoms with E-state index in [1.54, 1.807) is 13.2 Å². The minimum Gasteiger partial charge on any atom is -0.380 e. The molecule has 0 unspecified atom stereocenters. The molecule has 0 aliphatic heterocycles. The highest BCUT2D eigenvalue weighted by Crippen LogP contribution is 2.19. The van der Waals surface area contributed by atoms with Crippen LogP contribution in [0.4, 0.5) is 11.5 Å². The van der Waals surface area contributed by atoms with E-state index >= 15 is 0 Å². The Bertz CT molecular complexity index is 725. The maximum absolute atomic E-state index is 10.8. The Morgan fingerprint density at radius 3 is 2.68 bits per heavy atom. The molecular weight excluding hydrogens is 284 g/mol. The zero-order valence-corrected chi connectivity index (χ0v) is 11.9. The molecule has 1 N–H and O–H groups in total. The molecule has 0 aliphatic carbocycles. The third kappa shape index (κ3) is 3.56. The number of hydrogen-bond donors (Lipinski definition) is 1. The van der Waals surface area contributed by atoms with Crippen molar-refractivity contribution in [1.29, 1.82) is 5.26 Å². The van der Waals surface area contributed by atoms with Gasteiger partial charge in [-0.2, -0.15) is 5.26 Å². The Balaban J connectivity index is 2.16. The fourth-order valence-electron chi connectivity index (χ4n) is 1.99. The van der Waals surface area contributed by atoms with Crippen LogP contribution in [0.15, 0.2) is 36.4 Å². The molecule has 0 saturated carbocycles.